The normalized spacial score (nSPS) is 21.9. The summed E-state index contributed by atoms with van der Waals surface area (Å²) in [5, 5.41) is 0. The molecule has 23 heavy (non-hydrogen) atoms. The van der Waals surface area contributed by atoms with Gasteiger partial charge in [0.2, 0.25) is 5.78 Å². The number of rotatable bonds is 2. The first-order valence-electron chi connectivity index (χ1n) is 7.52. The molecule has 2 heterocycles. The van der Waals surface area contributed by atoms with Crippen LogP contribution in [0.15, 0.2) is 18.5 Å². The van der Waals surface area contributed by atoms with Gasteiger partial charge in [0.25, 0.3) is 0 Å². The van der Waals surface area contributed by atoms with Gasteiger partial charge < -0.3 is 9.64 Å². The van der Waals surface area contributed by atoms with Crippen LogP contribution in [0.25, 0.3) is 0 Å². The van der Waals surface area contributed by atoms with Crippen LogP contribution in [0.5, 0.6) is 0 Å². The van der Waals surface area contributed by atoms with Gasteiger partial charge in [0, 0.05) is 31.4 Å². The summed E-state index contributed by atoms with van der Waals surface area (Å²) in [6.07, 6.45) is 2.48. The summed E-state index contributed by atoms with van der Waals surface area (Å²) >= 11 is 0. The van der Waals surface area contributed by atoms with Crippen LogP contribution in [0.1, 0.15) is 44.7 Å². The van der Waals surface area contributed by atoms with E-state index in [2.05, 4.69) is 9.97 Å². The van der Waals surface area contributed by atoms with E-state index in [0.29, 0.717) is 0 Å². The lowest BCUT2D eigenvalue weighted by molar-refractivity contribution is -0.125. The second-order valence-electron chi connectivity index (χ2n) is 6.64. The van der Waals surface area contributed by atoms with Crippen LogP contribution < -0.4 is 0 Å². The maximum atomic E-state index is 12.4. The first-order chi connectivity index (χ1) is 10.7. The summed E-state index contributed by atoms with van der Waals surface area (Å²) < 4.78 is 5.35. The summed E-state index contributed by atoms with van der Waals surface area (Å²) in [4.78, 5) is 46.2. The van der Waals surface area contributed by atoms with Crippen molar-refractivity contribution in [3.8, 4) is 0 Å². The van der Waals surface area contributed by atoms with Crippen molar-refractivity contribution >= 4 is 17.7 Å². The van der Waals surface area contributed by atoms with Crippen LogP contribution in [0, 0.1) is 5.92 Å². The van der Waals surface area contributed by atoms with Gasteiger partial charge in [-0.15, -0.1) is 0 Å². The van der Waals surface area contributed by atoms with Crippen molar-refractivity contribution in [3.63, 3.8) is 0 Å². The third-order valence-electron chi connectivity index (χ3n) is 3.53. The predicted octanol–water partition coefficient (Wildman–Crippen LogP) is 1.87. The van der Waals surface area contributed by atoms with Crippen molar-refractivity contribution in [2.75, 3.05) is 6.54 Å². The molecule has 1 aliphatic rings. The van der Waals surface area contributed by atoms with E-state index in [0.717, 1.165) is 0 Å². The van der Waals surface area contributed by atoms with Gasteiger partial charge in [-0.3, -0.25) is 9.59 Å². The third kappa shape index (κ3) is 4.12. The van der Waals surface area contributed by atoms with Gasteiger partial charge in [0.1, 0.15) is 17.3 Å². The minimum atomic E-state index is -0.943. The number of hydrogen-bond donors (Lipinski definition) is 0. The molecule has 7 nitrogen and oxygen atoms in total. The number of nitrogens with zero attached hydrogens (tertiary/aromatic N) is 3. The standard InChI is InChI=1S/C16H21N3O4/c1-10-8-12(20)11(13(21)14-17-6-5-7-18-14)9-19(10)15(22)23-16(2,3)4/h5-7,10-11H,8-9H2,1-4H3/t10-,11-/m0/s1. The summed E-state index contributed by atoms with van der Waals surface area (Å²) in [6.45, 7) is 7.06. The molecule has 1 saturated heterocycles. The lowest BCUT2D eigenvalue weighted by atomic mass is 9.88. The highest BCUT2D eigenvalue weighted by atomic mass is 16.6. The van der Waals surface area contributed by atoms with E-state index >= 15 is 0 Å². The van der Waals surface area contributed by atoms with Crippen molar-refractivity contribution in [3.05, 3.63) is 24.3 Å². The molecule has 7 heteroatoms. The second kappa shape index (κ2) is 6.44. The van der Waals surface area contributed by atoms with Gasteiger partial charge in [-0.05, 0) is 33.8 Å². The quantitative estimate of drug-likeness (QED) is 0.610. The average molecular weight is 319 g/mol. The topological polar surface area (TPSA) is 89.5 Å². The molecule has 0 N–H and O–H groups in total. The minimum Gasteiger partial charge on any atom is -0.444 e. The lowest BCUT2D eigenvalue weighted by Crippen LogP contribution is -2.52. The molecule has 0 bridgehead atoms. The van der Waals surface area contributed by atoms with Crippen molar-refractivity contribution in [1.29, 1.82) is 0 Å². The van der Waals surface area contributed by atoms with Gasteiger partial charge in [-0.25, -0.2) is 14.8 Å². The highest BCUT2D eigenvalue weighted by Gasteiger charge is 2.40. The molecule has 2 rings (SSSR count). The molecule has 1 amide bonds. The van der Waals surface area contributed by atoms with E-state index < -0.39 is 23.4 Å². The molecule has 0 radical (unpaired) electrons. The average Bonchev–Trinajstić information content (AvgIpc) is 2.45. The van der Waals surface area contributed by atoms with Crippen molar-refractivity contribution in [2.45, 2.75) is 45.8 Å². The summed E-state index contributed by atoms with van der Waals surface area (Å²) in [7, 11) is 0. The number of ether oxygens (including phenoxy) is 1. The Morgan fingerprint density at radius 3 is 2.43 bits per heavy atom. The van der Waals surface area contributed by atoms with Crippen LogP contribution in [-0.2, 0) is 9.53 Å². The Hall–Kier alpha value is -2.31. The Bertz CT molecular complexity index is 610. The Labute approximate surface area is 135 Å². The smallest absolute Gasteiger partial charge is 0.410 e. The molecule has 0 saturated carbocycles. The summed E-state index contributed by atoms with van der Waals surface area (Å²) in [5.41, 5.74) is -0.639. The van der Waals surface area contributed by atoms with Gasteiger partial charge in [0.05, 0.1) is 0 Å². The number of likely N-dealkylation sites (tertiary alicyclic amines) is 1. The number of amides is 1. The zero-order valence-corrected chi connectivity index (χ0v) is 13.8. The SMILES string of the molecule is C[C@H]1CC(=O)[C@@H](C(=O)c2ncccn2)CN1C(=O)OC(C)(C)C. The van der Waals surface area contributed by atoms with Crippen molar-refractivity contribution in [1.82, 2.24) is 14.9 Å². The van der Waals surface area contributed by atoms with Crippen LogP contribution in [-0.4, -0.2) is 50.7 Å². The number of carbonyl (C=O) groups is 3. The van der Waals surface area contributed by atoms with Gasteiger partial charge >= 0.3 is 6.09 Å². The fourth-order valence-electron chi connectivity index (χ4n) is 2.41. The first kappa shape index (κ1) is 17.1. The summed E-state index contributed by atoms with van der Waals surface area (Å²) in [5.74, 6) is -1.61. The Kier molecular flexibility index (Phi) is 4.77. The maximum Gasteiger partial charge on any atom is 0.410 e. The van der Waals surface area contributed by atoms with E-state index in [4.69, 9.17) is 4.74 Å². The highest BCUT2D eigenvalue weighted by Crippen LogP contribution is 2.23. The van der Waals surface area contributed by atoms with Crippen LogP contribution in [0.2, 0.25) is 0 Å². The predicted molar refractivity (Wildman–Crippen MR) is 81.9 cm³/mol. The van der Waals surface area contributed by atoms with Gasteiger partial charge in [-0.2, -0.15) is 0 Å². The molecule has 1 aliphatic heterocycles. The zero-order valence-electron chi connectivity index (χ0n) is 13.8. The number of Topliss-reactive ketones (excluding diaryl/α,β-unsaturated/α-hetero) is 2. The second-order valence-corrected chi connectivity index (χ2v) is 6.64. The molecule has 0 aromatic carbocycles. The van der Waals surface area contributed by atoms with Gasteiger partial charge in [-0.1, -0.05) is 0 Å². The van der Waals surface area contributed by atoms with E-state index in [1.807, 2.05) is 0 Å². The zero-order chi connectivity index (χ0) is 17.2. The summed E-state index contributed by atoms with van der Waals surface area (Å²) in [6, 6.07) is 1.28. The number of carbonyl (C=O) groups excluding carboxylic acids is 3. The highest BCUT2D eigenvalue weighted by molar-refractivity contribution is 6.10. The number of ketones is 2. The van der Waals surface area contributed by atoms with E-state index in [1.165, 1.54) is 17.3 Å². The number of aromatic nitrogens is 2. The molecule has 1 aromatic heterocycles. The molecule has 124 valence electrons. The Morgan fingerprint density at radius 1 is 1.26 bits per heavy atom. The van der Waals surface area contributed by atoms with Crippen molar-refractivity contribution < 1.29 is 19.1 Å². The van der Waals surface area contributed by atoms with Crippen LogP contribution in [0.3, 0.4) is 0 Å². The Balaban J connectivity index is 2.17. The molecule has 0 unspecified atom stereocenters. The largest absolute Gasteiger partial charge is 0.444 e. The molecular weight excluding hydrogens is 298 g/mol. The van der Waals surface area contributed by atoms with E-state index in [1.54, 1.807) is 33.8 Å². The van der Waals surface area contributed by atoms with E-state index in [-0.39, 0.29) is 30.6 Å². The molecule has 1 aromatic rings. The first-order valence-corrected chi connectivity index (χ1v) is 7.52. The number of piperidine rings is 1. The number of hydrogen-bond acceptors (Lipinski definition) is 6. The monoisotopic (exact) mass is 319 g/mol. The minimum absolute atomic E-state index is 0.00794. The van der Waals surface area contributed by atoms with E-state index in [9.17, 15) is 14.4 Å². The maximum absolute atomic E-state index is 12.4. The fourth-order valence-corrected chi connectivity index (χ4v) is 2.41. The molecule has 0 spiro atoms. The van der Waals surface area contributed by atoms with Crippen LogP contribution >= 0.6 is 0 Å². The third-order valence-corrected chi connectivity index (χ3v) is 3.53. The molecular formula is C16H21N3O4. The molecule has 2 atom stereocenters. The lowest BCUT2D eigenvalue weighted by Gasteiger charge is -2.37. The Morgan fingerprint density at radius 2 is 1.87 bits per heavy atom. The van der Waals surface area contributed by atoms with Crippen LogP contribution in [0.4, 0.5) is 4.79 Å². The van der Waals surface area contributed by atoms with Crippen molar-refractivity contribution in [2.24, 2.45) is 5.92 Å². The fraction of sp³-hybridized carbons (Fsp3) is 0.562. The van der Waals surface area contributed by atoms with Gasteiger partial charge in [0.15, 0.2) is 5.82 Å². The molecule has 0 aliphatic carbocycles. The molecule has 1 fully saturated rings.